The van der Waals surface area contributed by atoms with Crippen molar-refractivity contribution in [2.75, 3.05) is 45.9 Å². The average Bonchev–Trinajstić information content (AvgIpc) is 3.47. The number of aryl methyl sites for hydroxylation is 2. The molecule has 0 aromatic heterocycles. The molecule has 27 heavy (non-hydrogen) atoms. The molecule has 0 bridgehead atoms. The van der Waals surface area contributed by atoms with Crippen molar-refractivity contribution >= 4 is 6.03 Å². The van der Waals surface area contributed by atoms with Gasteiger partial charge in [0, 0.05) is 38.8 Å². The van der Waals surface area contributed by atoms with Crippen molar-refractivity contribution in [2.24, 2.45) is 5.92 Å². The number of nitrogens with zero attached hydrogens (tertiary/aromatic N) is 2. The Morgan fingerprint density at radius 2 is 2.07 bits per heavy atom. The van der Waals surface area contributed by atoms with E-state index in [0.717, 1.165) is 37.7 Å². The van der Waals surface area contributed by atoms with Crippen molar-refractivity contribution in [2.45, 2.75) is 39.2 Å². The molecule has 0 unspecified atom stereocenters. The van der Waals surface area contributed by atoms with Crippen LogP contribution in [0, 0.1) is 19.8 Å². The highest BCUT2D eigenvalue weighted by molar-refractivity contribution is 5.74. The van der Waals surface area contributed by atoms with E-state index in [2.05, 4.69) is 24.1 Å². The summed E-state index contributed by atoms with van der Waals surface area (Å²) in [7, 11) is 0. The predicted molar refractivity (Wildman–Crippen MR) is 106 cm³/mol. The summed E-state index contributed by atoms with van der Waals surface area (Å²) in [5.41, 5.74) is 2.45. The van der Waals surface area contributed by atoms with Gasteiger partial charge in [0.15, 0.2) is 0 Å². The zero-order valence-corrected chi connectivity index (χ0v) is 16.6. The van der Waals surface area contributed by atoms with Gasteiger partial charge in [-0.2, -0.15) is 0 Å². The second-order valence-corrected chi connectivity index (χ2v) is 7.88. The van der Waals surface area contributed by atoms with Gasteiger partial charge in [-0.3, -0.25) is 4.90 Å². The Kier molecular flexibility index (Phi) is 6.96. The lowest BCUT2D eigenvalue weighted by Crippen LogP contribution is -2.57. The molecule has 1 atom stereocenters. The van der Waals surface area contributed by atoms with Crippen molar-refractivity contribution in [3.05, 3.63) is 29.3 Å². The number of amides is 2. The lowest BCUT2D eigenvalue weighted by Gasteiger charge is -2.41. The van der Waals surface area contributed by atoms with Gasteiger partial charge in [0.1, 0.15) is 12.4 Å². The number of urea groups is 1. The van der Waals surface area contributed by atoms with E-state index in [4.69, 9.17) is 4.74 Å². The Labute approximate surface area is 162 Å². The van der Waals surface area contributed by atoms with Crippen LogP contribution in [0.2, 0.25) is 0 Å². The largest absolute Gasteiger partial charge is 0.492 e. The number of aliphatic hydroxyl groups excluding tert-OH is 1. The second-order valence-electron chi connectivity index (χ2n) is 7.88. The van der Waals surface area contributed by atoms with Crippen molar-refractivity contribution in [1.82, 2.24) is 15.1 Å². The number of carbonyl (C=O) groups excluding carboxylic acids is 1. The first-order valence-electron chi connectivity index (χ1n) is 10.1. The quantitative estimate of drug-likeness (QED) is 0.684. The van der Waals surface area contributed by atoms with E-state index in [1.807, 2.05) is 23.1 Å². The zero-order valence-electron chi connectivity index (χ0n) is 16.6. The van der Waals surface area contributed by atoms with Crippen LogP contribution < -0.4 is 10.1 Å². The Hall–Kier alpha value is -1.79. The minimum atomic E-state index is -0.0345. The number of aliphatic hydroxyl groups is 1. The van der Waals surface area contributed by atoms with Crippen LogP contribution in [0.4, 0.5) is 4.79 Å². The number of carbonyl (C=O) groups is 1. The van der Waals surface area contributed by atoms with Gasteiger partial charge in [0.25, 0.3) is 0 Å². The van der Waals surface area contributed by atoms with Gasteiger partial charge < -0.3 is 20.1 Å². The maximum Gasteiger partial charge on any atom is 0.317 e. The molecule has 0 spiro atoms. The summed E-state index contributed by atoms with van der Waals surface area (Å²) < 4.78 is 5.73. The van der Waals surface area contributed by atoms with Gasteiger partial charge >= 0.3 is 6.03 Å². The van der Waals surface area contributed by atoms with Crippen molar-refractivity contribution in [1.29, 1.82) is 0 Å². The van der Waals surface area contributed by atoms with Crippen LogP contribution in [-0.4, -0.2) is 72.9 Å². The van der Waals surface area contributed by atoms with Gasteiger partial charge in [-0.25, -0.2) is 4.79 Å². The second kappa shape index (κ2) is 9.42. The van der Waals surface area contributed by atoms with E-state index in [-0.39, 0.29) is 18.7 Å². The molecule has 1 heterocycles. The number of hydrogen-bond donors (Lipinski definition) is 2. The summed E-state index contributed by atoms with van der Waals surface area (Å²) >= 11 is 0. The molecule has 150 valence electrons. The first kappa shape index (κ1) is 20.0. The Morgan fingerprint density at radius 3 is 2.78 bits per heavy atom. The predicted octanol–water partition coefficient (Wildman–Crippen LogP) is 2.17. The monoisotopic (exact) mass is 375 g/mol. The normalized spacial score (nSPS) is 20.6. The minimum Gasteiger partial charge on any atom is -0.492 e. The van der Waals surface area contributed by atoms with E-state index in [0.29, 0.717) is 19.7 Å². The Bertz CT molecular complexity index is 633. The maximum atomic E-state index is 12.5. The van der Waals surface area contributed by atoms with Gasteiger partial charge in [-0.05, 0) is 62.3 Å². The lowest BCUT2D eigenvalue weighted by atomic mass is 10.1. The molecule has 1 aliphatic heterocycles. The smallest absolute Gasteiger partial charge is 0.317 e. The zero-order chi connectivity index (χ0) is 19.2. The topological polar surface area (TPSA) is 65.0 Å². The number of hydrogen-bond acceptors (Lipinski definition) is 4. The van der Waals surface area contributed by atoms with E-state index in [1.165, 1.54) is 24.0 Å². The third-order valence-corrected chi connectivity index (χ3v) is 5.67. The summed E-state index contributed by atoms with van der Waals surface area (Å²) in [6.45, 7) is 8.70. The highest BCUT2D eigenvalue weighted by Gasteiger charge is 2.33. The molecule has 0 radical (unpaired) electrons. The molecule has 6 heteroatoms. The number of rotatable bonds is 8. The fraction of sp³-hybridized carbons (Fsp3) is 0.667. The molecule has 1 aromatic rings. The van der Waals surface area contributed by atoms with E-state index >= 15 is 0 Å². The molecule has 2 fully saturated rings. The van der Waals surface area contributed by atoms with Gasteiger partial charge in [0.2, 0.25) is 0 Å². The van der Waals surface area contributed by atoms with Crippen LogP contribution in [0.25, 0.3) is 0 Å². The first-order chi connectivity index (χ1) is 13.1. The first-order valence-corrected chi connectivity index (χ1v) is 10.1. The van der Waals surface area contributed by atoms with Crippen LogP contribution in [0.5, 0.6) is 5.75 Å². The Balaban J connectivity index is 1.40. The van der Waals surface area contributed by atoms with Gasteiger partial charge in [-0.1, -0.05) is 6.07 Å². The maximum absolute atomic E-state index is 12.5. The van der Waals surface area contributed by atoms with Gasteiger partial charge in [-0.15, -0.1) is 0 Å². The lowest BCUT2D eigenvalue weighted by molar-refractivity contribution is 0.0701. The van der Waals surface area contributed by atoms with E-state index < -0.39 is 0 Å². The third-order valence-electron chi connectivity index (χ3n) is 5.67. The molecule has 2 N–H and O–H groups in total. The summed E-state index contributed by atoms with van der Waals surface area (Å²) in [6, 6.07) is 6.26. The highest BCUT2D eigenvalue weighted by Crippen LogP contribution is 2.31. The van der Waals surface area contributed by atoms with Crippen LogP contribution in [0.3, 0.4) is 0 Å². The molecule has 6 nitrogen and oxygen atoms in total. The van der Waals surface area contributed by atoms with E-state index in [1.54, 1.807) is 0 Å². The minimum absolute atomic E-state index is 0.0345. The summed E-state index contributed by atoms with van der Waals surface area (Å²) in [5, 5.41) is 12.3. The van der Waals surface area contributed by atoms with Crippen molar-refractivity contribution in [3.63, 3.8) is 0 Å². The fourth-order valence-corrected chi connectivity index (χ4v) is 3.61. The SMILES string of the molecule is Cc1ccc(OCCNC(=O)N2CCN(CC3CC3)[C@@H](CCO)C2)cc1C. The van der Waals surface area contributed by atoms with Crippen LogP contribution >= 0.6 is 0 Å². The third kappa shape index (κ3) is 5.84. The molecule has 3 rings (SSSR count). The molecule has 1 aromatic carbocycles. The van der Waals surface area contributed by atoms with Crippen molar-refractivity contribution < 1.29 is 14.6 Å². The molecule has 1 aliphatic carbocycles. The number of ether oxygens (including phenoxy) is 1. The average molecular weight is 376 g/mol. The molecule has 2 amide bonds. The van der Waals surface area contributed by atoms with Gasteiger partial charge in [0.05, 0.1) is 6.54 Å². The molecular formula is C21H33N3O3. The summed E-state index contributed by atoms with van der Waals surface area (Å²) in [4.78, 5) is 16.8. The molecule has 2 aliphatic rings. The number of benzene rings is 1. The van der Waals surface area contributed by atoms with Crippen LogP contribution in [0.1, 0.15) is 30.4 Å². The summed E-state index contributed by atoms with van der Waals surface area (Å²) in [6.07, 6.45) is 3.38. The number of piperazine rings is 1. The summed E-state index contributed by atoms with van der Waals surface area (Å²) in [5.74, 6) is 1.66. The van der Waals surface area contributed by atoms with E-state index in [9.17, 15) is 9.90 Å². The fourth-order valence-electron chi connectivity index (χ4n) is 3.61. The highest BCUT2D eigenvalue weighted by atomic mass is 16.5. The molecular weight excluding hydrogens is 342 g/mol. The number of nitrogens with one attached hydrogen (secondary N) is 1. The molecule has 1 saturated heterocycles. The van der Waals surface area contributed by atoms with Crippen molar-refractivity contribution in [3.8, 4) is 5.75 Å². The van der Waals surface area contributed by atoms with Crippen LogP contribution in [0.15, 0.2) is 18.2 Å². The Morgan fingerprint density at radius 1 is 1.26 bits per heavy atom. The molecule has 1 saturated carbocycles. The standard InChI is InChI=1S/C21H33N3O3/c1-16-3-6-20(13-17(16)2)27-12-8-22-21(26)24-10-9-23(14-18-4-5-18)19(15-24)7-11-25/h3,6,13,18-19,25H,4-5,7-12,14-15H2,1-2H3,(H,22,26)/t19-/m0/s1. The van der Waals surface area contributed by atoms with Crippen LogP contribution in [-0.2, 0) is 0 Å².